The third-order valence-corrected chi connectivity index (χ3v) is 7.64. The van der Waals surface area contributed by atoms with Gasteiger partial charge in [0.25, 0.3) is 0 Å². The van der Waals surface area contributed by atoms with Crippen molar-refractivity contribution in [3.63, 3.8) is 0 Å². The number of aliphatic hydroxyl groups is 4. The molecule has 2 fully saturated rings. The van der Waals surface area contributed by atoms with Gasteiger partial charge in [-0.05, 0) is 19.4 Å². The van der Waals surface area contributed by atoms with Crippen molar-refractivity contribution in [2.45, 2.75) is 90.7 Å². The molecule has 2 heterocycles. The Balaban J connectivity index is -0.000000471. The number of amides is 1. The first-order valence-corrected chi connectivity index (χ1v) is 16.1. The van der Waals surface area contributed by atoms with Gasteiger partial charge in [0, 0.05) is 45.8 Å². The molecule has 51 heavy (non-hydrogen) atoms. The van der Waals surface area contributed by atoms with Gasteiger partial charge in [-0.15, -0.1) is 0 Å². The Labute approximate surface area is 326 Å². The molecule has 0 aliphatic carbocycles. The van der Waals surface area contributed by atoms with Crippen LogP contribution in [0.3, 0.4) is 0 Å². The zero-order chi connectivity index (χ0) is 35.9. The van der Waals surface area contributed by atoms with Crippen molar-refractivity contribution in [1.29, 1.82) is 0 Å². The number of ether oxygens (including phenoxy) is 9. The van der Waals surface area contributed by atoms with Gasteiger partial charge in [0.1, 0.15) is 25.4 Å². The molecule has 0 spiro atoms. The number of aliphatic carboxylic acids is 1. The summed E-state index contributed by atoms with van der Waals surface area (Å²) in [5, 5.41) is 50.4. The third-order valence-electron chi connectivity index (χ3n) is 7.64. The number of carbonyl (C=O) groups is 2. The number of hydrogen-bond donors (Lipinski definition) is 7. The second-order valence-corrected chi connectivity index (χ2v) is 11.3. The molecular formula is C32H67N2NaO16. The van der Waals surface area contributed by atoms with Crippen LogP contribution >= 0.6 is 0 Å². The average Bonchev–Trinajstić information content (AvgIpc) is 3.07. The normalized spacial score (nSPS) is 28.6. The second kappa shape index (κ2) is 32.8. The van der Waals surface area contributed by atoms with Crippen molar-refractivity contribution in [3.05, 3.63) is 0 Å². The van der Waals surface area contributed by atoms with Gasteiger partial charge in [0.2, 0.25) is 5.91 Å². The van der Waals surface area contributed by atoms with E-state index in [1.165, 1.54) is 14.2 Å². The maximum absolute atomic E-state index is 11.8. The number of carbonyl (C=O) groups excluding carboxylic acids is 1. The number of carboxylic acids is 1. The largest absolute Gasteiger partial charge is 1.00 e. The van der Waals surface area contributed by atoms with E-state index in [1.807, 2.05) is 0 Å². The fourth-order valence-electron chi connectivity index (χ4n) is 4.62. The molecule has 0 aromatic rings. The minimum Gasteiger partial charge on any atom is -1.00 e. The van der Waals surface area contributed by atoms with Gasteiger partial charge in [0.05, 0.1) is 64.1 Å². The van der Waals surface area contributed by atoms with Gasteiger partial charge < -0.3 is 80.6 Å². The Kier molecular flexibility index (Phi) is 35.2. The molecule has 4 unspecified atom stereocenters. The Bertz CT molecular complexity index is 856. The Morgan fingerprint density at radius 1 is 0.686 bits per heavy atom. The van der Waals surface area contributed by atoms with Gasteiger partial charge in [-0.2, -0.15) is 0 Å². The summed E-state index contributed by atoms with van der Waals surface area (Å²) in [6, 6.07) is 0. The predicted molar refractivity (Wildman–Crippen MR) is 181 cm³/mol. The van der Waals surface area contributed by atoms with Crippen LogP contribution in [0.15, 0.2) is 0 Å². The molecule has 2 rings (SSSR count). The van der Waals surface area contributed by atoms with E-state index >= 15 is 0 Å². The van der Waals surface area contributed by atoms with E-state index in [0.29, 0.717) is 59.2 Å². The topological polar surface area (TPSA) is 256 Å². The molecule has 8 N–H and O–H groups in total. The van der Waals surface area contributed by atoms with Crippen LogP contribution in [-0.2, 0) is 52.2 Å². The summed E-state index contributed by atoms with van der Waals surface area (Å²) >= 11 is 0. The minimum absolute atomic E-state index is 0. The number of nitrogens with two attached hydrogens (primary N) is 1. The minimum atomic E-state index is -1.12. The molecule has 2 aliphatic rings. The van der Waals surface area contributed by atoms with Crippen LogP contribution in [0.5, 0.6) is 0 Å². The summed E-state index contributed by atoms with van der Waals surface area (Å²) < 4.78 is 47.2. The van der Waals surface area contributed by atoms with E-state index in [0.717, 1.165) is 6.42 Å². The molecule has 10 atom stereocenters. The van der Waals surface area contributed by atoms with Crippen LogP contribution in [-0.4, -0.2) is 180 Å². The number of nitrogens with one attached hydrogen (secondary N) is 1. The van der Waals surface area contributed by atoms with E-state index in [-0.39, 0.29) is 83.4 Å². The molecule has 0 radical (unpaired) electrons. The third kappa shape index (κ3) is 22.4. The maximum Gasteiger partial charge on any atom is 1.00 e. The van der Waals surface area contributed by atoms with E-state index < -0.39 is 61.8 Å². The molecule has 18 nitrogen and oxygen atoms in total. The quantitative estimate of drug-likeness (QED) is 0.0386. The van der Waals surface area contributed by atoms with E-state index in [1.54, 1.807) is 13.8 Å². The number of carboxylic acid groups (broad SMARTS) is 1. The van der Waals surface area contributed by atoms with Crippen LogP contribution in [0.2, 0.25) is 0 Å². The summed E-state index contributed by atoms with van der Waals surface area (Å²) in [6.07, 6.45) is -5.54. The molecule has 302 valence electrons. The standard InChI is InChI=1S/C20H40N2O9.C10H18O7.2CH4.Na.H/c1-15-16(31-20(26-2)19(25)18(15)24)13-30-14-17(23)22-6-4-8-28-10-12-29-11-9-27-7-3-5-21;1-5-6(3-16-4-7(11)12)17-10(15-2)9(14)8(5)13;;;;/h15-16,18-20,24-25H,3-14,21H2,1-2H3,(H,22,23);5-6,8-10,13-14H,3-4H2,1-2H3,(H,11,12);2*1H4;;/q;;;;+1;-1/t15-,16?,18+,19?,20-;5-,6?,8+,9?,10-;;;;/m11..../s1. The van der Waals surface area contributed by atoms with Crippen LogP contribution in [0, 0.1) is 11.8 Å². The van der Waals surface area contributed by atoms with Crippen molar-refractivity contribution in [3.8, 4) is 0 Å². The summed E-state index contributed by atoms with van der Waals surface area (Å²) in [6.45, 7) is 7.37. The van der Waals surface area contributed by atoms with Crippen molar-refractivity contribution in [2.24, 2.45) is 17.6 Å². The zero-order valence-electron chi connectivity index (χ0n) is 30.5. The molecule has 0 aromatic carbocycles. The van der Waals surface area contributed by atoms with Crippen LogP contribution in [0.25, 0.3) is 0 Å². The summed E-state index contributed by atoms with van der Waals surface area (Å²) in [4.78, 5) is 22.1. The number of methoxy groups -OCH3 is 2. The van der Waals surface area contributed by atoms with Gasteiger partial charge in [-0.1, -0.05) is 28.7 Å². The predicted octanol–water partition coefficient (Wildman–Crippen LogP) is -4.16. The smallest absolute Gasteiger partial charge is 1.00 e. The Morgan fingerprint density at radius 3 is 1.51 bits per heavy atom. The fourth-order valence-corrected chi connectivity index (χ4v) is 4.62. The first-order chi connectivity index (χ1) is 23.0. The summed E-state index contributed by atoms with van der Waals surface area (Å²) in [7, 11) is 2.74. The average molecular weight is 759 g/mol. The van der Waals surface area contributed by atoms with Crippen LogP contribution < -0.4 is 40.6 Å². The van der Waals surface area contributed by atoms with E-state index in [9.17, 15) is 30.0 Å². The SMILES string of the molecule is C.C.CO[C@@H]1OC(COCC(=O)NCCCOCCOCCOCCCN)[C@@H](C)[C@H](O)C1O.CO[C@@H]1OC(COCC(=O)O)[C@@H](C)[C@H](O)C1O.[H-].[Na+]. The van der Waals surface area contributed by atoms with Crippen molar-refractivity contribution in [2.75, 3.05) is 93.4 Å². The molecular weight excluding hydrogens is 691 g/mol. The molecule has 19 heteroatoms. The summed E-state index contributed by atoms with van der Waals surface area (Å²) in [5.74, 6) is -2.04. The second-order valence-electron chi connectivity index (χ2n) is 11.3. The van der Waals surface area contributed by atoms with Gasteiger partial charge in [-0.25, -0.2) is 4.79 Å². The molecule has 2 aliphatic heterocycles. The zero-order valence-corrected chi connectivity index (χ0v) is 31.5. The first-order valence-electron chi connectivity index (χ1n) is 16.1. The molecule has 0 saturated carbocycles. The maximum atomic E-state index is 11.8. The number of hydrogen-bond acceptors (Lipinski definition) is 16. The van der Waals surface area contributed by atoms with Crippen molar-refractivity contribution >= 4 is 11.9 Å². The van der Waals surface area contributed by atoms with Gasteiger partial charge in [0.15, 0.2) is 12.6 Å². The first kappa shape index (κ1) is 54.7. The molecule has 1 amide bonds. The van der Waals surface area contributed by atoms with Crippen molar-refractivity contribution in [1.82, 2.24) is 5.32 Å². The Morgan fingerprint density at radius 2 is 1.10 bits per heavy atom. The molecule has 0 aromatic heterocycles. The monoisotopic (exact) mass is 758 g/mol. The van der Waals surface area contributed by atoms with E-state index in [2.05, 4.69) is 5.32 Å². The number of rotatable bonds is 23. The van der Waals surface area contributed by atoms with E-state index in [4.69, 9.17) is 53.5 Å². The van der Waals surface area contributed by atoms with Gasteiger partial charge >= 0.3 is 35.5 Å². The molecule has 2 saturated heterocycles. The molecule has 0 bridgehead atoms. The van der Waals surface area contributed by atoms with Crippen LogP contribution in [0.4, 0.5) is 0 Å². The fraction of sp³-hybridized carbons (Fsp3) is 0.938. The number of aliphatic hydroxyl groups excluding tert-OH is 4. The van der Waals surface area contributed by atoms with Crippen LogP contribution in [0.1, 0.15) is 43.0 Å². The Hall–Kier alpha value is -0.620. The van der Waals surface area contributed by atoms with Crippen molar-refractivity contribution < 1.29 is 109 Å². The van der Waals surface area contributed by atoms with Gasteiger partial charge in [-0.3, -0.25) is 4.79 Å². The summed E-state index contributed by atoms with van der Waals surface area (Å²) in [5.41, 5.74) is 5.37.